The molecule has 0 saturated heterocycles. The molecule has 0 aliphatic rings. The highest BCUT2D eigenvalue weighted by Crippen LogP contribution is 2.28. The zero-order valence-corrected chi connectivity index (χ0v) is 13.5. The molecule has 0 atom stereocenters. The van der Waals surface area contributed by atoms with Crippen molar-refractivity contribution in [1.82, 2.24) is 9.55 Å². The van der Waals surface area contributed by atoms with Crippen molar-refractivity contribution in [3.05, 3.63) is 65.5 Å². The number of hydrogen-bond acceptors (Lipinski definition) is 1. The van der Waals surface area contributed by atoms with E-state index in [9.17, 15) is 0 Å². The van der Waals surface area contributed by atoms with Crippen LogP contribution in [-0.4, -0.2) is 9.55 Å². The van der Waals surface area contributed by atoms with Gasteiger partial charge in [-0.05, 0) is 36.1 Å². The summed E-state index contributed by atoms with van der Waals surface area (Å²) in [6.07, 6.45) is 6.52. The fraction of sp³-hybridized carbons (Fsp3) is 0.350. The molecule has 0 spiro atoms. The fourth-order valence-corrected chi connectivity index (χ4v) is 3.28. The van der Waals surface area contributed by atoms with Gasteiger partial charge in [0.25, 0.3) is 0 Å². The minimum Gasteiger partial charge on any atom is -0.325 e. The Hall–Kier alpha value is -2.09. The molecule has 0 radical (unpaired) electrons. The molecule has 0 saturated carbocycles. The maximum absolute atomic E-state index is 4.69. The number of benzene rings is 1. The summed E-state index contributed by atoms with van der Waals surface area (Å²) in [5, 5.41) is 1.34. The minimum absolute atomic E-state index is 0.910. The van der Waals surface area contributed by atoms with Crippen molar-refractivity contribution in [3.63, 3.8) is 0 Å². The molecule has 0 fully saturated rings. The van der Waals surface area contributed by atoms with Crippen LogP contribution in [0.15, 0.2) is 48.7 Å². The topological polar surface area (TPSA) is 17.8 Å². The summed E-state index contributed by atoms with van der Waals surface area (Å²) < 4.78 is 2.43. The number of pyridine rings is 1. The third-order valence-corrected chi connectivity index (χ3v) is 4.21. The largest absolute Gasteiger partial charge is 0.325 e. The first kappa shape index (κ1) is 14.8. The van der Waals surface area contributed by atoms with Gasteiger partial charge in [0.15, 0.2) is 0 Å². The van der Waals surface area contributed by atoms with Gasteiger partial charge in [-0.1, -0.05) is 57.0 Å². The minimum atomic E-state index is 0.910. The van der Waals surface area contributed by atoms with Gasteiger partial charge in [-0.2, -0.15) is 0 Å². The van der Waals surface area contributed by atoms with Crippen molar-refractivity contribution >= 4 is 11.0 Å². The van der Waals surface area contributed by atoms with Gasteiger partial charge in [0, 0.05) is 23.8 Å². The molecule has 2 aromatic heterocycles. The van der Waals surface area contributed by atoms with Crippen molar-refractivity contribution in [2.24, 2.45) is 0 Å². The summed E-state index contributed by atoms with van der Waals surface area (Å²) in [6, 6.07) is 15.0. The van der Waals surface area contributed by atoms with Gasteiger partial charge in [-0.3, -0.25) is 0 Å². The van der Waals surface area contributed by atoms with Crippen molar-refractivity contribution in [2.45, 2.75) is 46.1 Å². The van der Waals surface area contributed by atoms with E-state index in [1.54, 1.807) is 0 Å². The maximum Gasteiger partial charge on any atom is 0.140 e. The van der Waals surface area contributed by atoms with E-state index >= 15 is 0 Å². The van der Waals surface area contributed by atoms with Crippen molar-refractivity contribution in [3.8, 4) is 0 Å². The Bertz CT molecular complexity index is 741. The maximum atomic E-state index is 4.69. The Balaban J connectivity index is 2.15. The third-order valence-electron chi connectivity index (χ3n) is 4.21. The molecule has 2 heteroatoms. The average molecular weight is 292 g/mol. The molecule has 2 nitrogen and oxygen atoms in total. The second-order valence-corrected chi connectivity index (χ2v) is 5.87. The number of fused-ring (bicyclic) bond motifs is 1. The van der Waals surface area contributed by atoms with E-state index in [4.69, 9.17) is 0 Å². The van der Waals surface area contributed by atoms with Crippen LogP contribution in [0.5, 0.6) is 0 Å². The molecule has 3 rings (SSSR count). The number of aryl methyl sites for hydroxylation is 1. The van der Waals surface area contributed by atoms with Crippen molar-refractivity contribution in [2.75, 3.05) is 0 Å². The van der Waals surface area contributed by atoms with Crippen LogP contribution in [0.1, 0.15) is 43.5 Å². The van der Waals surface area contributed by atoms with Crippen LogP contribution in [0.2, 0.25) is 0 Å². The summed E-state index contributed by atoms with van der Waals surface area (Å²) in [7, 11) is 0. The standard InChI is InChI=1S/C20H24N2/c1-3-9-17-18-13-8-14-21-20(18)22(19(17)10-4-2)15-16-11-6-5-7-12-16/h5-8,11-14H,3-4,9-10,15H2,1-2H3. The van der Waals surface area contributed by atoms with Crippen LogP contribution in [0.3, 0.4) is 0 Å². The quantitative estimate of drug-likeness (QED) is 0.626. The highest BCUT2D eigenvalue weighted by atomic mass is 15.0. The Labute approximate surface area is 132 Å². The van der Waals surface area contributed by atoms with Gasteiger partial charge in [0.1, 0.15) is 5.65 Å². The van der Waals surface area contributed by atoms with Crippen molar-refractivity contribution < 1.29 is 0 Å². The van der Waals surface area contributed by atoms with Crippen LogP contribution >= 0.6 is 0 Å². The number of aromatic nitrogens is 2. The van der Waals surface area contributed by atoms with Crippen molar-refractivity contribution in [1.29, 1.82) is 0 Å². The van der Waals surface area contributed by atoms with Crippen LogP contribution in [-0.2, 0) is 19.4 Å². The van der Waals surface area contributed by atoms with Crippen LogP contribution in [0.4, 0.5) is 0 Å². The van der Waals surface area contributed by atoms with E-state index in [0.717, 1.165) is 25.0 Å². The Morgan fingerprint density at radius 2 is 1.68 bits per heavy atom. The Kier molecular flexibility index (Phi) is 4.57. The lowest BCUT2D eigenvalue weighted by atomic mass is 10.0. The lowest BCUT2D eigenvalue weighted by molar-refractivity contribution is 0.725. The zero-order valence-electron chi connectivity index (χ0n) is 13.5. The normalized spacial score (nSPS) is 11.2. The first-order valence-electron chi connectivity index (χ1n) is 8.34. The molecule has 0 aliphatic carbocycles. The molecule has 22 heavy (non-hydrogen) atoms. The van der Waals surface area contributed by atoms with E-state index in [-0.39, 0.29) is 0 Å². The first-order valence-corrected chi connectivity index (χ1v) is 8.34. The molecule has 114 valence electrons. The molecule has 2 heterocycles. The molecule has 3 aromatic rings. The van der Waals surface area contributed by atoms with Crippen LogP contribution in [0.25, 0.3) is 11.0 Å². The van der Waals surface area contributed by atoms with E-state index in [0.29, 0.717) is 0 Å². The van der Waals surface area contributed by atoms with E-state index in [1.165, 1.54) is 35.0 Å². The van der Waals surface area contributed by atoms with Crippen LogP contribution < -0.4 is 0 Å². The predicted octanol–water partition coefficient (Wildman–Crippen LogP) is 4.99. The predicted molar refractivity (Wildman–Crippen MR) is 93.3 cm³/mol. The van der Waals surface area contributed by atoms with Gasteiger partial charge in [0.2, 0.25) is 0 Å². The van der Waals surface area contributed by atoms with Gasteiger partial charge in [-0.15, -0.1) is 0 Å². The molecule has 0 aliphatic heterocycles. The van der Waals surface area contributed by atoms with Crippen LogP contribution in [0, 0.1) is 0 Å². The molecule has 0 N–H and O–H groups in total. The molecule has 0 bridgehead atoms. The summed E-state index contributed by atoms with van der Waals surface area (Å²) in [6.45, 7) is 5.42. The lowest BCUT2D eigenvalue weighted by Crippen LogP contribution is -2.06. The van der Waals surface area contributed by atoms with Gasteiger partial charge < -0.3 is 4.57 Å². The number of rotatable bonds is 6. The smallest absolute Gasteiger partial charge is 0.140 e. The molecular weight excluding hydrogens is 268 g/mol. The molecular formula is C20H24N2. The third kappa shape index (κ3) is 2.78. The van der Waals surface area contributed by atoms with Gasteiger partial charge in [-0.25, -0.2) is 4.98 Å². The molecule has 1 aromatic carbocycles. The molecule has 0 unspecified atom stereocenters. The number of hydrogen-bond donors (Lipinski definition) is 0. The van der Waals surface area contributed by atoms with Gasteiger partial charge in [0.05, 0.1) is 0 Å². The second kappa shape index (κ2) is 6.78. The molecule has 0 amide bonds. The summed E-state index contributed by atoms with van der Waals surface area (Å²) >= 11 is 0. The highest BCUT2D eigenvalue weighted by molar-refractivity contribution is 5.82. The van der Waals surface area contributed by atoms with E-state index < -0.39 is 0 Å². The zero-order chi connectivity index (χ0) is 15.4. The van der Waals surface area contributed by atoms with E-state index in [2.05, 4.69) is 65.9 Å². The van der Waals surface area contributed by atoms with Gasteiger partial charge >= 0.3 is 0 Å². The Morgan fingerprint density at radius 1 is 0.909 bits per heavy atom. The first-order chi connectivity index (χ1) is 10.8. The SMILES string of the molecule is CCCc1c(CCC)n(Cc2ccccc2)c2ncccc12. The second-order valence-electron chi connectivity index (χ2n) is 5.87. The summed E-state index contributed by atoms with van der Waals surface area (Å²) in [5.41, 5.74) is 5.45. The van der Waals surface area contributed by atoms with E-state index in [1.807, 2.05) is 6.20 Å². The summed E-state index contributed by atoms with van der Waals surface area (Å²) in [4.78, 5) is 4.69. The summed E-state index contributed by atoms with van der Waals surface area (Å²) in [5.74, 6) is 0. The highest BCUT2D eigenvalue weighted by Gasteiger charge is 2.16. The number of nitrogens with zero attached hydrogens (tertiary/aromatic N) is 2. The fourth-order valence-electron chi connectivity index (χ4n) is 3.28. The average Bonchev–Trinajstić information content (AvgIpc) is 2.84. The Morgan fingerprint density at radius 3 is 2.41 bits per heavy atom. The lowest BCUT2D eigenvalue weighted by Gasteiger charge is -2.11. The monoisotopic (exact) mass is 292 g/mol.